The van der Waals surface area contributed by atoms with Crippen molar-refractivity contribution >= 4 is 23.3 Å². The van der Waals surface area contributed by atoms with E-state index in [-0.39, 0.29) is 5.41 Å². The molecule has 1 aliphatic carbocycles. The maximum Gasteiger partial charge on any atom is 0.134 e. The molecule has 2 aromatic rings. The fourth-order valence-corrected chi connectivity index (χ4v) is 4.25. The van der Waals surface area contributed by atoms with Crippen LogP contribution in [0.3, 0.4) is 0 Å². The third kappa shape index (κ3) is 3.05. The Balaban J connectivity index is 1.66. The number of pyridine rings is 1. The van der Waals surface area contributed by atoms with E-state index in [0.29, 0.717) is 6.54 Å². The number of nitrogens with one attached hydrogen (secondary N) is 1. The van der Waals surface area contributed by atoms with E-state index in [1.165, 1.54) is 37.7 Å². The number of amidine groups is 1. The van der Waals surface area contributed by atoms with Crippen LogP contribution < -0.4 is 5.32 Å². The summed E-state index contributed by atoms with van der Waals surface area (Å²) in [6, 6.07) is 12.2. The van der Waals surface area contributed by atoms with Crippen molar-refractivity contribution < 1.29 is 0 Å². The molecule has 1 aromatic carbocycles. The number of benzene rings is 1. The lowest BCUT2D eigenvalue weighted by Gasteiger charge is -2.42. The minimum Gasteiger partial charge on any atom is -0.328 e. The van der Waals surface area contributed by atoms with E-state index >= 15 is 0 Å². The zero-order chi connectivity index (χ0) is 16.4. The van der Waals surface area contributed by atoms with E-state index in [4.69, 9.17) is 16.6 Å². The summed E-state index contributed by atoms with van der Waals surface area (Å²) in [5.74, 6) is 2.09. The predicted octanol–water partition coefficient (Wildman–Crippen LogP) is 5.25. The SMILES string of the molecule is Clc1cccc(CN=C2Nc3ncccc3CC23CCCCC3)c1. The summed E-state index contributed by atoms with van der Waals surface area (Å²) in [6.07, 6.45) is 9.23. The lowest BCUT2D eigenvalue weighted by molar-refractivity contribution is 0.278. The third-order valence-electron chi connectivity index (χ3n) is 5.28. The van der Waals surface area contributed by atoms with Gasteiger partial charge in [-0.2, -0.15) is 0 Å². The number of nitrogens with zero attached hydrogens (tertiary/aromatic N) is 2. The molecule has 3 nitrogen and oxygen atoms in total. The topological polar surface area (TPSA) is 37.3 Å². The first kappa shape index (κ1) is 15.6. The summed E-state index contributed by atoms with van der Waals surface area (Å²) in [4.78, 5) is 9.48. The highest BCUT2D eigenvalue weighted by Crippen LogP contribution is 2.44. The van der Waals surface area contributed by atoms with Crippen LogP contribution >= 0.6 is 11.6 Å². The van der Waals surface area contributed by atoms with Gasteiger partial charge in [-0.15, -0.1) is 0 Å². The van der Waals surface area contributed by atoms with Crippen LogP contribution in [0.25, 0.3) is 0 Å². The molecule has 124 valence electrons. The molecule has 0 bridgehead atoms. The molecular formula is C20H22ClN3. The van der Waals surface area contributed by atoms with Gasteiger partial charge in [0.1, 0.15) is 11.7 Å². The molecule has 2 heterocycles. The van der Waals surface area contributed by atoms with Gasteiger partial charge in [-0.25, -0.2) is 4.98 Å². The van der Waals surface area contributed by atoms with E-state index < -0.39 is 0 Å². The smallest absolute Gasteiger partial charge is 0.134 e. The second-order valence-electron chi connectivity index (χ2n) is 6.95. The fraction of sp³-hybridized carbons (Fsp3) is 0.400. The summed E-state index contributed by atoms with van der Waals surface area (Å²) in [7, 11) is 0. The number of aromatic nitrogens is 1. The maximum atomic E-state index is 6.10. The molecule has 2 aliphatic rings. The Morgan fingerprint density at radius 3 is 2.83 bits per heavy atom. The first-order chi connectivity index (χ1) is 11.8. The van der Waals surface area contributed by atoms with Crippen LogP contribution in [0.15, 0.2) is 47.6 Å². The van der Waals surface area contributed by atoms with Crippen LogP contribution in [0.5, 0.6) is 0 Å². The van der Waals surface area contributed by atoms with Crippen LogP contribution in [-0.2, 0) is 13.0 Å². The van der Waals surface area contributed by atoms with Crippen molar-refractivity contribution in [2.75, 3.05) is 5.32 Å². The van der Waals surface area contributed by atoms with E-state index in [0.717, 1.165) is 28.7 Å². The van der Waals surface area contributed by atoms with Crippen molar-refractivity contribution in [1.29, 1.82) is 0 Å². The van der Waals surface area contributed by atoms with Gasteiger partial charge in [0.2, 0.25) is 0 Å². The average Bonchev–Trinajstić information content (AvgIpc) is 2.61. The van der Waals surface area contributed by atoms with E-state index in [1.807, 2.05) is 30.5 Å². The van der Waals surface area contributed by atoms with Crippen LogP contribution in [0, 0.1) is 5.41 Å². The van der Waals surface area contributed by atoms with E-state index in [9.17, 15) is 0 Å². The summed E-state index contributed by atoms with van der Waals surface area (Å²) in [5.41, 5.74) is 2.63. The highest BCUT2D eigenvalue weighted by molar-refractivity contribution is 6.30. The van der Waals surface area contributed by atoms with Gasteiger partial charge in [0.05, 0.1) is 6.54 Å². The van der Waals surface area contributed by atoms with Crippen LogP contribution in [0.1, 0.15) is 43.2 Å². The fourth-order valence-electron chi connectivity index (χ4n) is 4.04. The van der Waals surface area contributed by atoms with Gasteiger partial charge in [0, 0.05) is 16.6 Å². The lowest BCUT2D eigenvalue weighted by atomic mass is 9.68. The summed E-state index contributed by atoms with van der Waals surface area (Å²) in [5, 5.41) is 4.32. The number of fused-ring (bicyclic) bond motifs is 1. The molecule has 1 saturated carbocycles. The molecule has 0 unspecified atom stereocenters. The first-order valence-corrected chi connectivity index (χ1v) is 9.13. The Kier molecular flexibility index (Phi) is 4.28. The van der Waals surface area contributed by atoms with Crippen molar-refractivity contribution in [3.8, 4) is 0 Å². The van der Waals surface area contributed by atoms with Crippen LogP contribution in [0.2, 0.25) is 5.02 Å². The minimum absolute atomic E-state index is 0.160. The highest BCUT2D eigenvalue weighted by Gasteiger charge is 2.41. The molecule has 1 aliphatic heterocycles. The average molecular weight is 340 g/mol. The Hall–Kier alpha value is -1.87. The van der Waals surface area contributed by atoms with Gasteiger partial charge in [0.25, 0.3) is 0 Å². The van der Waals surface area contributed by atoms with E-state index in [1.54, 1.807) is 0 Å². The van der Waals surface area contributed by atoms with Gasteiger partial charge in [-0.3, -0.25) is 4.99 Å². The molecule has 4 rings (SSSR count). The van der Waals surface area contributed by atoms with Gasteiger partial charge in [-0.05, 0) is 48.6 Å². The summed E-state index contributed by atoms with van der Waals surface area (Å²) < 4.78 is 0. The largest absolute Gasteiger partial charge is 0.328 e. The maximum absolute atomic E-state index is 6.10. The van der Waals surface area contributed by atoms with Gasteiger partial charge in [-0.1, -0.05) is 49.1 Å². The molecule has 1 N–H and O–H groups in total. The molecule has 0 radical (unpaired) electrons. The Morgan fingerprint density at radius 2 is 2.00 bits per heavy atom. The number of hydrogen-bond acceptors (Lipinski definition) is 2. The number of rotatable bonds is 2. The molecule has 1 aromatic heterocycles. The van der Waals surface area contributed by atoms with Crippen LogP contribution in [0.4, 0.5) is 5.82 Å². The zero-order valence-electron chi connectivity index (χ0n) is 13.8. The Morgan fingerprint density at radius 1 is 1.12 bits per heavy atom. The molecule has 4 heteroatoms. The quantitative estimate of drug-likeness (QED) is 0.811. The normalized spacial score (nSPS) is 20.6. The molecule has 0 atom stereocenters. The van der Waals surface area contributed by atoms with Crippen molar-refractivity contribution in [3.63, 3.8) is 0 Å². The predicted molar refractivity (Wildman–Crippen MR) is 99.7 cm³/mol. The van der Waals surface area contributed by atoms with Crippen molar-refractivity contribution in [1.82, 2.24) is 4.98 Å². The van der Waals surface area contributed by atoms with Crippen LogP contribution in [-0.4, -0.2) is 10.8 Å². The van der Waals surface area contributed by atoms with Crippen molar-refractivity contribution in [2.24, 2.45) is 10.4 Å². The molecule has 1 spiro atoms. The lowest BCUT2D eigenvalue weighted by Crippen LogP contribution is -2.43. The monoisotopic (exact) mass is 339 g/mol. The summed E-state index contributed by atoms with van der Waals surface area (Å²) >= 11 is 6.10. The minimum atomic E-state index is 0.160. The number of anilines is 1. The molecule has 24 heavy (non-hydrogen) atoms. The molecule has 1 fully saturated rings. The molecular weight excluding hydrogens is 318 g/mol. The second-order valence-corrected chi connectivity index (χ2v) is 7.39. The van der Waals surface area contributed by atoms with Gasteiger partial charge < -0.3 is 5.32 Å². The molecule has 0 saturated heterocycles. The van der Waals surface area contributed by atoms with Crippen molar-refractivity contribution in [2.45, 2.75) is 45.1 Å². The Labute approximate surface area is 148 Å². The number of hydrogen-bond donors (Lipinski definition) is 1. The summed E-state index contributed by atoms with van der Waals surface area (Å²) in [6.45, 7) is 0.660. The van der Waals surface area contributed by atoms with Crippen molar-refractivity contribution in [3.05, 3.63) is 58.7 Å². The van der Waals surface area contributed by atoms with Gasteiger partial charge >= 0.3 is 0 Å². The number of halogens is 1. The standard InChI is InChI=1S/C20H22ClN3/c21-17-8-4-6-15(12-17)14-23-19-20(9-2-1-3-10-20)13-16-7-5-11-22-18(16)24-19/h4-8,11-12H,1-3,9-10,13-14H2,(H,22,23,24). The first-order valence-electron chi connectivity index (χ1n) is 8.76. The second kappa shape index (κ2) is 6.56. The van der Waals surface area contributed by atoms with E-state index in [2.05, 4.69) is 22.4 Å². The Bertz CT molecular complexity index is 763. The van der Waals surface area contributed by atoms with Gasteiger partial charge in [0.15, 0.2) is 0 Å². The highest BCUT2D eigenvalue weighted by atomic mass is 35.5. The third-order valence-corrected chi connectivity index (χ3v) is 5.51. The zero-order valence-corrected chi connectivity index (χ0v) is 14.5. The number of aliphatic imine (C=N–C) groups is 1. The molecule has 0 amide bonds.